The first-order valence-electron chi connectivity index (χ1n) is 5.00. The summed E-state index contributed by atoms with van der Waals surface area (Å²) in [5.41, 5.74) is 0.925. The topological polar surface area (TPSA) is 18.5 Å². The molecule has 0 heterocycles. The van der Waals surface area contributed by atoms with Crippen molar-refractivity contribution in [3.05, 3.63) is 12.2 Å². The van der Waals surface area contributed by atoms with E-state index in [0.29, 0.717) is 13.2 Å². The Balaban J connectivity index is 4.08. The van der Waals surface area contributed by atoms with Gasteiger partial charge in [-0.05, 0) is 32.3 Å². The molecule has 0 aromatic rings. The van der Waals surface area contributed by atoms with Gasteiger partial charge in [0.15, 0.2) is 5.79 Å². The van der Waals surface area contributed by atoms with Gasteiger partial charge in [0.25, 0.3) is 0 Å². The highest BCUT2D eigenvalue weighted by Crippen LogP contribution is 2.21. The van der Waals surface area contributed by atoms with Crippen molar-refractivity contribution in [3.8, 4) is 0 Å². The lowest BCUT2D eigenvalue weighted by Gasteiger charge is -2.30. The highest BCUT2D eigenvalue weighted by atomic mass is 16.7. The number of hydrogen-bond acceptors (Lipinski definition) is 2. The van der Waals surface area contributed by atoms with Crippen LogP contribution in [0.5, 0.6) is 0 Å². The smallest absolute Gasteiger partial charge is 0.187 e. The largest absolute Gasteiger partial charge is 0.346 e. The van der Waals surface area contributed by atoms with Gasteiger partial charge in [0.05, 0.1) is 13.2 Å². The number of rotatable bonds is 7. The van der Waals surface area contributed by atoms with Gasteiger partial charge in [0.1, 0.15) is 0 Å². The summed E-state index contributed by atoms with van der Waals surface area (Å²) >= 11 is 0. The molecule has 0 unspecified atom stereocenters. The first-order chi connectivity index (χ1) is 6.06. The number of hydrogen-bond donors (Lipinski definition) is 0. The van der Waals surface area contributed by atoms with E-state index in [2.05, 4.69) is 20.4 Å². The molecule has 0 bridgehead atoms. The van der Waals surface area contributed by atoms with Gasteiger partial charge in [0, 0.05) is 0 Å². The minimum absolute atomic E-state index is 0.591. The minimum atomic E-state index is -0.591. The SMILES string of the molecule is C=C(C)C(C)(OCCC)OCCC. The minimum Gasteiger partial charge on any atom is -0.346 e. The molecule has 13 heavy (non-hydrogen) atoms. The Morgan fingerprint density at radius 2 is 1.54 bits per heavy atom. The van der Waals surface area contributed by atoms with Gasteiger partial charge >= 0.3 is 0 Å². The molecule has 0 aliphatic carbocycles. The van der Waals surface area contributed by atoms with Crippen LogP contribution < -0.4 is 0 Å². The second kappa shape index (κ2) is 6.17. The molecule has 0 aliphatic rings. The number of ether oxygens (including phenoxy) is 2. The lowest BCUT2D eigenvalue weighted by molar-refractivity contribution is -0.199. The van der Waals surface area contributed by atoms with Crippen molar-refractivity contribution in [1.82, 2.24) is 0 Å². The van der Waals surface area contributed by atoms with Crippen LogP contribution in [0.2, 0.25) is 0 Å². The molecule has 0 fully saturated rings. The molecule has 78 valence electrons. The van der Waals surface area contributed by atoms with Gasteiger partial charge in [0.2, 0.25) is 0 Å². The van der Waals surface area contributed by atoms with Gasteiger partial charge in [-0.15, -0.1) is 0 Å². The zero-order valence-corrected chi connectivity index (χ0v) is 9.35. The van der Waals surface area contributed by atoms with Gasteiger partial charge in [-0.25, -0.2) is 0 Å². The molecule has 0 saturated heterocycles. The Bertz CT molecular complexity index is 144. The summed E-state index contributed by atoms with van der Waals surface area (Å²) in [6.45, 7) is 13.3. The predicted octanol–water partition coefficient (Wildman–Crippen LogP) is 3.13. The fraction of sp³-hybridized carbons (Fsp3) is 0.818. The molecule has 0 amide bonds. The third-order valence-electron chi connectivity index (χ3n) is 1.94. The fourth-order valence-corrected chi connectivity index (χ4v) is 0.882. The lowest BCUT2D eigenvalue weighted by Crippen LogP contribution is -2.34. The highest BCUT2D eigenvalue weighted by Gasteiger charge is 2.26. The zero-order valence-electron chi connectivity index (χ0n) is 9.35. The molecular formula is C11H22O2. The summed E-state index contributed by atoms with van der Waals surface area (Å²) < 4.78 is 11.2. The maximum atomic E-state index is 5.62. The quantitative estimate of drug-likeness (QED) is 0.449. The Labute approximate surface area is 81.9 Å². The molecule has 0 radical (unpaired) electrons. The van der Waals surface area contributed by atoms with Crippen molar-refractivity contribution < 1.29 is 9.47 Å². The van der Waals surface area contributed by atoms with E-state index in [4.69, 9.17) is 9.47 Å². The van der Waals surface area contributed by atoms with Crippen LogP contribution in [0.4, 0.5) is 0 Å². The van der Waals surface area contributed by atoms with Crippen LogP contribution in [0, 0.1) is 0 Å². The van der Waals surface area contributed by atoms with Crippen LogP contribution in [-0.2, 0) is 9.47 Å². The van der Waals surface area contributed by atoms with E-state index >= 15 is 0 Å². The van der Waals surface area contributed by atoms with Crippen LogP contribution in [0.15, 0.2) is 12.2 Å². The monoisotopic (exact) mass is 186 g/mol. The molecule has 2 nitrogen and oxygen atoms in total. The second-order valence-electron chi connectivity index (χ2n) is 3.42. The summed E-state index contributed by atoms with van der Waals surface area (Å²) in [6.07, 6.45) is 2.00. The van der Waals surface area contributed by atoms with Crippen LogP contribution in [0.25, 0.3) is 0 Å². The van der Waals surface area contributed by atoms with Gasteiger partial charge in [-0.1, -0.05) is 20.4 Å². The Morgan fingerprint density at radius 3 is 1.77 bits per heavy atom. The van der Waals surface area contributed by atoms with E-state index in [1.165, 1.54) is 0 Å². The molecule has 0 N–H and O–H groups in total. The lowest BCUT2D eigenvalue weighted by atomic mass is 10.1. The van der Waals surface area contributed by atoms with Crippen molar-refractivity contribution in [1.29, 1.82) is 0 Å². The Hall–Kier alpha value is -0.340. The average Bonchev–Trinajstić information content (AvgIpc) is 2.11. The summed E-state index contributed by atoms with van der Waals surface area (Å²) in [6, 6.07) is 0. The molecule has 0 aromatic carbocycles. The summed E-state index contributed by atoms with van der Waals surface area (Å²) in [4.78, 5) is 0. The second-order valence-corrected chi connectivity index (χ2v) is 3.42. The average molecular weight is 186 g/mol. The van der Waals surface area contributed by atoms with Crippen molar-refractivity contribution in [2.24, 2.45) is 0 Å². The van der Waals surface area contributed by atoms with Gasteiger partial charge in [-0.2, -0.15) is 0 Å². The van der Waals surface area contributed by atoms with E-state index in [1.807, 2.05) is 13.8 Å². The molecule has 0 spiro atoms. The summed E-state index contributed by atoms with van der Waals surface area (Å²) in [5, 5.41) is 0. The van der Waals surface area contributed by atoms with Gasteiger partial charge in [-0.3, -0.25) is 0 Å². The standard InChI is InChI=1S/C11H22O2/c1-6-8-12-11(5,10(3)4)13-9-7-2/h3,6-9H2,1-2,4-5H3. The molecular weight excluding hydrogens is 164 g/mol. The van der Waals surface area contributed by atoms with E-state index in [9.17, 15) is 0 Å². The summed E-state index contributed by atoms with van der Waals surface area (Å²) in [7, 11) is 0. The maximum absolute atomic E-state index is 5.62. The van der Waals surface area contributed by atoms with Crippen molar-refractivity contribution >= 4 is 0 Å². The molecule has 0 atom stereocenters. The first kappa shape index (κ1) is 12.7. The third kappa shape index (κ3) is 4.44. The molecule has 0 aliphatic heterocycles. The zero-order chi connectivity index (χ0) is 10.3. The van der Waals surface area contributed by atoms with E-state index < -0.39 is 5.79 Å². The molecule has 0 saturated carbocycles. The normalized spacial score (nSPS) is 11.7. The predicted molar refractivity (Wildman–Crippen MR) is 55.7 cm³/mol. The van der Waals surface area contributed by atoms with Crippen molar-refractivity contribution in [3.63, 3.8) is 0 Å². The van der Waals surface area contributed by atoms with Gasteiger partial charge < -0.3 is 9.47 Å². The molecule has 2 heteroatoms. The third-order valence-corrected chi connectivity index (χ3v) is 1.94. The maximum Gasteiger partial charge on any atom is 0.187 e. The fourth-order valence-electron chi connectivity index (χ4n) is 0.882. The summed E-state index contributed by atoms with van der Waals surface area (Å²) in [5.74, 6) is -0.591. The van der Waals surface area contributed by atoms with E-state index in [-0.39, 0.29) is 0 Å². The Kier molecular flexibility index (Phi) is 6.00. The van der Waals surface area contributed by atoms with E-state index in [1.54, 1.807) is 0 Å². The van der Waals surface area contributed by atoms with Crippen molar-refractivity contribution in [2.75, 3.05) is 13.2 Å². The Morgan fingerprint density at radius 1 is 1.15 bits per heavy atom. The van der Waals surface area contributed by atoms with Crippen LogP contribution >= 0.6 is 0 Å². The first-order valence-corrected chi connectivity index (χ1v) is 5.00. The van der Waals surface area contributed by atoms with Crippen LogP contribution in [0.3, 0.4) is 0 Å². The van der Waals surface area contributed by atoms with Crippen LogP contribution in [0.1, 0.15) is 40.5 Å². The highest BCUT2D eigenvalue weighted by molar-refractivity contribution is 5.02. The molecule has 0 aromatic heterocycles. The van der Waals surface area contributed by atoms with Crippen molar-refractivity contribution in [2.45, 2.75) is 46.3 Å². The van der Waals surface area contributed by atoms with E-state index in [0.717, 1.165) is 18.4 Å². The molecule has 0 rings (SSSR count). The van der Waals surface area contributed by atoms with Crippen LogP contribution in [-0.4, -0.2) is 19.0 Å².